The van der Waals surface area contributed by atoms with E-state index in [1.54, 1.807) is 6.07 Å². The average Bonchev–Trinajstić information content (AvgIpc) is 3.25. The third-order valence-electron chi connectivity index (χ3n) is 4.87. The standard InChI is InChI=1S/C18H18F3N3O/c19-18(20,21)12-1-4-14-15(9-12)22-7-5-16(14)24-8-6-11(10-24)17(25)23-13-2-3-13/h1,4-5,7,9,11,13H,2-3,6,8,10H2,(H,23,25). The summed E-state index contributed by atoms with van der Waals surface area (Å²) in [7, 11) is 0. The monoisotopic (exact) mass is 349 g/mol. The normalized spacial score (nSPS) is 20.9. The molecule has 2 fully saturated rings. The Balaban J connectivity index is 1.58. The van der Waals surface area contributed by atoms with Crippen molar-refractivity contribution in [3.63, 3.8) is 0 Å². The van der Waals surface area contributed by atoms with Gasteiger partial charge in [0.25, 0.3) is 0 Å². The second-order valence-electron chi connectivity index (χ2n) is 6.77. The number of amides is 1. The molecule has 1 saturated heterocycles. The Morgan fingerprint density at radius 1 is 1.20 bits per heavy atom. The molecule has 1 amide bonds. The van der Waals surface area contributed by atoms with Gasteiger partial charge in [-0.15, -0.1) is 0 Å². The van der Waals surface area contributed by atoms with Crippen molar-refractivity contribution in [3.05, 3.63) is 36.0 Å². The molecule has 4 nitrogen and oxygen atoms in total. The number of halogens is 3. The molecular weight excluding hydrogens is 331 g/mol. The van der Waals surface area contributed by atoms with Crippen molar-refractivity contribution in [2.75, 3.05) is 18.0 Å². The molecular formula is C18H18F3N3O. The fraction of sp³-hybridized carbons (Fsp3) is 0.444. The lowest BCUT2D eigenvalue weighted by Crippen LogP contribution is -2.34. The molecule has 2 aromatic rings. The van der Waals surface area contributed by atoms with Crippen LogP contribution in [0.5, 0.6) is 0 Å². The van der Waals surface area contributed by atoms with Crippen LogP contribution in [0.4, 0.5) is 18.9 Å². The predicted molar refractivity (Wildman–Crippen MR) is 88.2 cm³/mol. The molecule has 2 heterocycles. The fourth-order valence-electron chi connectivity index (χ4n) is 3.32. The second-order valence-corrected chi connectivity index (χ2v) is 6.77. The Hall–Kier alpha value is -2.31. The molecule has 0 spiro atoms. The van der Waals surface area contributed by atoms with Gasteiger partial charge in [0, 0.05) is 36.4 Å². The van der Waals surface area contributed by atoms with Gasteiger partial charge in [0.2, 0.25) is 5.91 Å². The van der Waals surface area contributed by atoms with Gasteiger partial charge in [0.15, 0.2) is 0 Å². The molecule has 1 saturated carbocycles. The van der Waals surface area contributed by atoms with Crippen molar-refractivity contribution in [1.29, 1.82) is 0 Å². The van der Waals surface area contributed by atoms with Gasteiger partial charge >= 0.3 is 6.18 Å². The van der Waals surface area contributed by atoms with E-state index in [0.717, 1.165) is 37.1 Å². The molecule has 0 bridgehead atoms. The Bertz CT molecular complexity index is 817. The first-order valence-electron chi connectivity index (χ1n) is 8.43. The van der Waals surface area contributed by atoms with E-state index in [0.29, 0.717) is 30.0 Å². The summed E-state index contributed by atoms with van der Waals surface area (Å²) < 4.78 is 38.7. The number of nitrogens with zero attached hydrogens (tertiary/aromatic N) is 2. The molecule has 132 valence electrons. The van der Waals surface area contributed by atoms with Crippen molar-refractivity contribution in [2.45, 2.75) is 31.5 Å². The zero-order chi connectivity index (χ0) is 17.6. The number of rotatable bonds is 3. The van der Waals surface area contributed by atoms with Crippen molar-refractivity contribution < 1.29 is 18.0 Å². The van der Waals surface area contributed by atoms with Crippen molar-refractivity contribution in [2.24, 2.45) is 5.92 Å². The number of benzene rings is 1. The topological polar surface area (TPSA) is 45.2 Å². The van der Waals surface area contributed by atoms with Gasteiger partial charge in [-0.2, -0.15) is 13.2 Å². The maximum absolute atomic E-state index is 12.9. The summed E-state index contributed by atoms with van der Waals surface area (Å²) in [6.07, 6.45) is 0.00133. The van der Waals surface area contributed by atoms with Gasteiger partial charge in [-0.1, -0.05) is 6.07 Å². The number of fused-ring (bicyclic) bond motifs is 1. The van der Waals surface area contributed by atoms with Gasteiger partial charge in [-0.05, 0) is 37.5 Å². The number of nitrogens with one attached hydrogen (secondary N) is 1. The number of hydrogen-bond donors (Lipinski definition) is 1. The van der Waals surface area contributed by atoms with Gasteiger partial charge in [0.1, 0.15) is 0 Å². The average molecular weight is 349 g/mol. The van der Waals surface area contributed by atoms with Gasteiger partial charge in [0.05, 0.1) is 17.0 Å². The van der Waals surface area contributed by atoms with Crippen molar-refractivity contribution in [3.8, 4) is 0 Å². The minimum atomic E-state index is -4.38. The van der Waals surface area contributed by atoms with Gasteiger partial charge in [-0.25, -0.2) is 0 Å². The Morgan fingerprint density at radius 3 is 2.72 bits per heavy atom. The van der Waals surface area contributed by atoms with Crippen LogP contribution in [-0.4, -0.2) is 30.0 Å². The van der Waals surface area contributed by atoms with Gasteiger partial charge in [-0.3, -0.25) is 9.78 Å². The highest BCUT2D eigenvalue weighted by molar-refractivity contribution is 5.92. The zero-order valence-corrected chi connectivity index (χ0v) is 13.5. The molecule has 2 aliphatic rings. The molecule has 1 aliphatic heterocycles. The van der Waals surface area contributed by atoms with E-state index in [-0.39, 0.29) is 11.8 Å². The first kappa shape index (κ1) is 16.2. The summed E-state index contributed by atoms with van der Waals surface area (Å²) in [6.45, 7) is 1.29. The number of anilines is 1. The minimum absolute atomic E-state index is 0.0711. The minimum Gasteiger partial charge on any atom is -0.370 e. The van der Waals surface area contributed by atoms with E-state index in [4.69, 9.17) is 0 Å². The lowest BCUT2D eigenvalue weighted by atomic mass is 10.1. The first-order valence-corrected chi connectivity index (χ1v) is 8.43. The molecule has 25 heavy (non-hydrogen) atoms. The molecule has 4 rings (SSSR count). The lowest BCUT2D eigenvalue weighted by Gasteiger charge is -2.21. The van der Waals surface area contributed by atoms with E-state index >= 15 is 0 Å². The number of carbonyl (C=O) groups is 1. The second kappa shape index (κ2) is 5.89. The van der Waals surface area contributed by atoms with Crippen LogP contribution in [0.15, 0.2) is 30.5 Å². The van der Waals surface area contributed by atoms with Crippen molar-refractivity contribution >= 4 is 22.5 Å². The summed E-state index contributed by atoms with van der Waals surface area (Å²) >= 11 is 0. The van der Waals surface area contributed by atoms with E-state index in [1.165, 1.54) is 12.3 Å². The van der Waals surface area contributed by atoms with Crippen LogP contribution in [0.1, 0.15) is 24.8 Å². The first-order chi connectivity index (χ1) is 11.9. The highest BCUT2D eigenvalue weighted by Gasteiger charge is 2.33. The van der Waals surface area contributed by atoms with Crippen LogP contribution in [0, 0.1) is 5.92 Å². The van der Waals surface area contributed by atoms with Crippen molar-refractivity contribution in [1.82, 2.24) is 10.3 Å². The third kappa shape index (κ3) is 3.27. The number of aromatic nitrogens is 1. The van der Waals surface area contributed by atoms with Crippen LogP contribution in [0.3, 0.4) is 0 Å². The van der Waals surface area contributed by atoms with E-state index < -0.39 is 11.7 Å². The van der Waals surface area contributed by atoms with Crippen LogP contribution >= 0.6 is 0 Å². The SMILES string of the molecule is O=C(NC1CC1)C1CCN(c2ccnc3cc(C(F)(F)F)ccc23)C1. The smallest absolute Gasteiger partial charge is 0.370 e. The maximum Gasteiger partial charge on any atom is 0.416 e. The third-order valence-corrected chi connectivity index (χ3v) is 4.87. The molecule has 1 N–H and O–H groups in total. The molecule has 1 unspecified atom stereocenters. The highest BCUT2D eigenvalue weighted by atomic mass is 19.4. The van der Waals surface area contributed by atoms with E-state index in [9.17, 15) is 18.0 Å². The maximum atomic E-state index is 12.9. The van der Waals surface area contributed by atoms with Crippen LogP contribution in [0.25, 0.3) is 10.9 Å². The molecule has 0 radical (unpaired) electrons. The largest absolute Gasteiger partial charge is 0.416 e. The van der Waals surface area contributed by atoms with Crippen LogP contribution < -0.4 is 10.2 Å². The van der Waals surface area contributed by atoms with E-state index in [1.807, 2.05) is 0 Å². The quantitative estimate of drug-likeness (QED) is 0.924. The summed E-state index contributed by atoms with van der Waals surface area (Å²) in [5.74, 6) is 0.0148. The Kier molecular flexibility index (Phi) is 3.81. The Labute approximate surface area is 143 Å². The highest BCUT2D eigenvalue weighted by Crippen LogP contribution is 2.35. The molecule has 1 atom stereocenters. The van der Waals surface area contributed by atoms with Gasteiger partial charge < -0.3 is 10.2 Å². The summed E-state index contributed by atoms with van der Waals surface area (Å²) in [4.78, 5) is 18.4. The molecule has 1 aromatic heterocycles. The lowest BCUT2D eigenvalue weighted by molar-refractivity contribution is -0.137. The summed E-state index contributed by atoms with van der Waals surface area (Å²) in [6, 6.07) is 5.77. The predicted octanol–water partition coefficient (Wildman–Crippen LogP) is 3.36. The zero-order valence-electron chi connectivity index (χ0n) is 13.5. The fourth-order valence-corrected chi connectivity index (χ4v) is 3.32. The molecule has 1 aliphatic carbocycles. The number of pyridine rings is 1. The Morgan fingerprint density at radius 2 is 2.00 bits per heavy atom. The van der Waals surface area contributed by atoms with Crippen LogP contribution in [0.2, 0.25) is 0 Å². The molecule has 7 heteroatoms. The number of alkyl halides is 3. The summed E-state index contributed by atoms with van der Waals surface area (Å²) in [5.41, 5.74) is 0.450. The number of carbonyl (C=O) groups excluding carboxylic acids is 1. The van der Waals surface area contributed by atoms with E-state index in [2.05, 4.69) is 15.2 Å². The number of hydrogen-bond acceptors (Lipinski definition) is 3. The van der Waals surface area contributed by atoms with Crippen LogP contribution in [-0.2, 0) is 11.0 Å². The molecule has 1 aromatic carbocycles. The summed E-state index contributed by atoms with van der Waals surface area (Å²) in [5, 5.41) is 3.71.